The van der Waals surface area contributed by atoms with Crippen molar-refractivity contribution in [3.8, 4) is 0 Å². The summed E-state index contributed by atoms with van der Waals surface area (Å²) in [5.41, 5.74) is 3.12. The summed E-state index contributed by atoms with van der Waals surface area (Å²) in [5, 5.41) is 3.44. The molecule has 2 rings (SSSR count). The van der Waals surface area contributed by atoms with E-state index in [1.54, 1.807) is 11.8 Å². The number of rotatable bonds is 6. The average molecular weight is 293 g/mol. The van der Waals surface area contributed by atoms with Gasteiger partial charge in [0.05, 0.1) is 5.69 Å². The third-order valence-electron chi connectivity index (χ3n) is 3.06. The maximum absolute atomic E-state index is 3.86. The fourth-order valence-corrected chi connectivity index (χ4v) is 2.76. The van der Waals surface area contributed by atoms with Crippen LogP contribution in [0.1, 0.15) is 6.92 Å². The highest BCUT2D eigenvalue weighted by molar-refractivity contribution is 7.99. The molecule has 1 nitrogen and oxygen atoms in total. The molecule has 1 N–H and O–H groups in total. The van der Waals surface area contributed by atoms with Crippen LogP contribution in [0.5, 0.6) is 0 Å². The van der Waals surface area contributed by atoms with Gasteiger partial charge in [0.15, 0.2) is 0 Å². The highest BCUT2D eigenvalue weighted by Gasteiger charge is 2.05. The summed E-state index contributed by atoms with van der Waals surface area (Å²) in [4.78, 5) is 2.40. The SMILES string of the molecule is C=C/C(C)=C(\C=C)Nc1ccccc1Sc1ccccc1. The van der Waals surface area contributed by atoms with Gasteiger partial charge in [-0.3, -0.25) is 0 Å². The first-order valence-corrected chi connectivity index (χ1v) is 7.61. The Hall–Kier alpha value is -2.19. The van der Waals surface area contributed by atoms with E-state index in [-0.39, 0.29) is 0 Å². The van der Waals surface area contributed by atoms with Crippen molar-refractivity contribution in [2.45, 2.75) is 16.7 Å². The quantitative estimate of drug-likeness (QED) is 0.666. The fraction of sp³-hybridized carbons (Fsp3) is 0.0526. The van der Waals surface area contributed by atoms with E-state index >= 15 is 0 Å². The van der Waals surface area contributed by atoms with E-state index in [0.29, 0.717) is 0 Å². The summed E-state index contributed by atoms with van der Waals surface area (Å²) in [5.74, 6) is 0. The Bertz CT molecular complexity index is 656. The smallest absolute Gasteiger partial charge is 0.0526 e. The number of para-hydroxylation sites is 1. The molecular weight excluding hydrogens is 274 g/mol. The standard InChI is InChI=1S/C19H19NS/c1-4-15(3)17(5-2)20-18-13-9-10-14-19(18)21-16-11-7-6-8-12-16/h4-14,20H,1-2H2,3H3/b17-15+. The molecule has 0 aliphatic rings. The number of allylic oxidation sites excluding steroid dienone is 3. The lowest BCUT2D eigenvalue weighted by Crippen LogP contribution is -2.00. The molecule has 106 valence electrons. The summed E-state index contributed by atoms with van der Waals surface area (Å²) < 4.78 is 0. The van der Waals surface area contributed by atoms with Crippen LogP contribution in [-0.2, 0) is 0 Å². The minimum atomic E-state index is 0.978. The molecule has 0 fully saturated rings. The van der Waals surface area contributed by atoms with Crippen molar-refractivity contribution in [1.29, 1.82) is 0 Å². The second-order valence-electron chi connectivity index (χ2n) is 4.54. The van der Waals surface area contributed by atoms with Crippen molar-refractivity contribution in [1.82, 2.24) is 0 Å². The Kier molecular flexibility index (Phi) is 5.47. The number of anilines is 1. The van der Waals surface area contributed by atoms with Crippen molar-refractivity contribution in [3.05, 3.63) is 91.2 Å². The molecular formula is C19H19NS. The van der Waals surface area contributed by atoms with Crippen LogP contribution in [0.25, 0.3) is 0 Å². The van der Waals surface area contributed by atoms with Gasteiger partial charge < -0.3 is 5.32 Å². The average Bonchev–Trinajstić information content (AvgIpc) is 2.54. The van der Waals surface area contributed by atoms with Crippen LogP contribution in [0.2, 0.25) is 0 Å². The minimum Gasteiger partial charge on any atom is -0.354 e. The largest absolute Gasteiger partial charge is 0.354 e. The Morgan fingerprint density at radius 1 is 0.952 bits per heavy atom. The Balaban J connectivity index is 2.29. The van der Waals surface area contributed by atoms with Crippen LogP contribution in [0.15, 0.2) is 101 Å². The topological polar surface area (TPSA) is 12.0 Å². The van der Waals surface area contributed by atoms with E-state index in [2.05, 4.69) is 54.9 Å². The predicted molar refractivity (Wildman–Crippen MR) is 93.7 cm³/mol. The molecule has 0 heterocycles. The molecule has 0 aliphatic carbocycles. The Morgan fingerprint density at radius 2 is 1.62 bits per heavy atom. The lowest BCUT2D eigenvalue weighted by molar-refractivity contribution is 1.32. The van der Waals surface area contributed by atoms with Crippen molar-refractivity contribution >= 4 is 17.4 Å². The molecule has 2 aromatic carbocycles. The molecule has 2 heteroatoms. The van der Waals surface area contributed by atoms with Crippen LogP contribution < -0.4 is 5.32 Å². The van der Waals surface area contributed by atoms with E-state index in [1.165, 1.54) is 9.79 Å². The van der Waals surface area contributed by atoms with E-state index in [1.807, 2.05) is 37.3 Å². The summed E-state index contributed by atoms with van der Waals surface area (Å²) in [6, 6.07) is 18.6. The zero-order chi connectivity index (χ0) is 15.1. The van der Waals surface area contributed by atoms with Crippen LogP contribution in [0.4, 0.5) is 5.69 Å². The first-order chi connectivity index (χ1) is 10.2. The molecule has 0 unspecified atom stereocenters. The van der Waals surface area contributed by atoms with E-state index in [9.17, 15) is 0 Å². The van der Waals surface area contributed by atoms with Gasteiger partial charge in [-0.25, -0.2) is 0 Å². The predicted octanol–water partition coefficient (Wildman–Crippen LogP) is 5.90. The summed E-state index contributed by atoms with van der Waals surface area (Å²) in [6.07, 6.45) is 3.65. The van der Waals surface area contributed by atoms with Gasteiger partial charge in [-0.15, -0.1) is 0 Å². The van der Waals surface area contributed by atoms with Crippen molar-refractivity contribution in [3.63, 3.8) is 0 Å². The Labute approximate surface area is 131 Å². The fourth-order valence-electron chi connectivity index (χ4n) is 1.84. The van der Waals surface area contributed by atoms with Crippen LogP contribution in [-0.4, -0.2) is 0 Å². The zero-order valence-electron chi connectivity index (χ0n) is 12.2. The molecule has 0 saturated carbocycles. The van der Waals surface area contributed by atoms with E-state index in [4.69, 9.17) is 0 Å². The van der Waals surface area contributed by atoms with Crippen molar-refractivity contribution in [2.75, 3.05) is 5.32 Å². The van der Waals surface area contributed by atoms with Gasteiger partial charge in [0, 0.05) is 15.5 Å². The van der Waals surface area contributed by atoms with Gasteiger partial charge in [-0.05, 0) is 42.8 Å². The second-order valence-corrected chi connectivity index (χ2v) is 5.66. The van der Waals surface area contributed by atoms with Gasteiger partial charge in [0.2, 0.25) is 0 Å². The van der Waals surface area contributed by atoms with Gasteiger partial charge in [-0.1, -0.05) is 61.3 Å². The maximum atomic E-state index is 3.86. The molecule has 0 amide bonds. The van der Waals surface area contributed by atoms with E-state index < -0.39 is 0 Å². The number of nitrogens with one attached hydrogen (secondary N) is 1. The van der Waals surface area contributed by atoms with Gasteiger partial charge in [-0.2, -0.15) is 0 Å². The number of benzene rings is 2. The van der Waals surface area contributed by atoms with Gasteiger partial charge in [0.1, 0.15) is 0 Å². The summed E-state index contributed by atoms with van der Waals surface area (Å²) in [6.45, 7) is 9.69. The molecule has 0 aromatic heterocycles. The highest BCUT2D eigenvalue weighted by Crippen LogP contribution is 2.34. The molecule has 0 atom stereocenters. The normalized spacial score (nSPS) is 11.5. The third-order valence-corrected chi connectivity index (χ3v) is 4.15. The van der Waals surface area contributed by atoms with Gasteiger partial charge >= 0.3 is 0 Å². The molecule has 0 bridgehead atoms. The zero-order valence-corrected chi connectivity index (χ0v) is 13.0. The minimum absolute atomic E-state index is 0.978. The third kappa shape index (κ3) is 4.14. The van der Waals surface area contributed by atoms with Crippen molar-refractivity contribution in [2.24, 2.45) is 0 Å². The molecule has 0 radical (unpaired) electrons. The first kappa shape index (κ1) is 15.2. The Morgan fingerprint density at radius 3 is 2.29 bits per heavy atom. The molecule has 0 spiro atoms. The second kappa shape index (κ2) is 7.55. The van der Waals surface area contributed by atoms with Crippen LogP contribution >= 0.6 is 11.8 Å². The van der Waals surface area contributed by atoms with Crippen molar-refractivity contribution < 1.29 is 0 Å². The van der Waals surface area contributed by atoms with Crippen LogP contribution in [0.3, 0.4) is 0 Å². The molecule has 0 saturated heterocycles. The highest BCUT2D eigenvalue weighted by atomic mass is 32.2. The molecule has 0 aliphatic heterocycles. The number of hydrogen-bond acceptors (Lipinski definition) is 2. The summed E-state index contributed by atoms with van der Waals surface area (Å²) in [7, 11) is 0. The lowest BCUT2D eigenvalue weighted by Gasteiger charge is -2.13. The van der Waals surface area contributed by atoms with E-state index in [0.717, 1.165) is 17.0 Å². The number of hydrogen-bond donors (Lipinski definition) is 1. The first-order valence-electron chi connectivity index (χ1n) is 6.79. The molecule has 21 heavy (non-hydrogen) atoms. The molecule has 2 aromatic rings. The monoisotopic (exact) mass is 293 g/mol. The lowest BCUT2D eigenvalue weighted by atomic mass is 10.2. The maximum Gasteiger partial charge on any atom is 0.0526 e. The van der Waals surface area contributed by atoms with Crippen LogP contribution in [0, 0.1) is 0 Å². The van der Waals surface area contributed by atoms with Gasteiger partial charge in [0.25, 0.3) is 0 Å². The summed E-state index contributed by atoms with van der Waals surface area (Å²) >= 11 is 1.74.